The number of carbonyl (C=O) groups excluding carboxylic acids is 2. The summed E-state index contributed by atoms with van der Waals surface area (Å²) in [4.78, 5) is 35.2. The summed E-state index contributed by atoms with van der Waals surface area (Å²) in [6.45, 7) is 0. The summed E-state index contributed by atoms with van der Waals surface area (Å²) in [6, 6.07) is 7.87. The van der Waals surface area contributed by atoms with Crippen LogP contribution in [0.4, 0.5) is 0 Å². The topological polar surface area (TPSA) is 74.7 Å². The third-order valence-corrected chi connectivity index (χ3v) is 2.96. The molecule has 0 spiro atoms. The second-order valence-electron chi connectivity index (χ2n) is 4.20. The van der Waals surface area contributed by atoms with Crippen LogP contribution in [0, 0.1) is 0 Å². The summed E-state index contributed by atoms with van der Waals surface area (Å²) in [5, 5.41) is 9.18. The van der Waals surface area contributed by atoms with Crippen molar-refractivity contribution < 1.29 is 19.5 Å². The number of hydrogen-bond donors (Lipinski definition) is 1. The van der Waals surface area contributed by atoms with Crippen LogP contribution < -0.4 is 0 Å². The van der Waals surface area contributed by atoms with Crippen LogP contribution in [0.3, 0.4) is 0 Å². The number of hydrogen-bond acceptors (Lipinski definition) is 3. The number of nitrogens with zero attached hydrogens (tertiary/aromatic N) is 1. The van der Waals surface area contributed by atoms with Crippen LogP contribution in [-0.2, 0) is 20.8 Å². The first-order valence-electron chi connectivity index (χ1n) is 5.71. The minimum Gasteiger partial charge on any atom is -0.480 e. The summed E-state index contributed by atoms with van der Waals surface area (Å²) in [5.41, 5.74) is 0.789. The highest BCUT2D eigenvalue weighted by molar-refractivity contribution is 6.04. The van der Waals surface area contributed by atoms with E-state index in [0.717, 1.165) is 10.5 Å². The van der Waals surface area contributed by atoms with E-state index in [0.29, 0.717) is 0 Å². The molecular weight excluding hydrogens is 234 g/mol. The van der Waals surface area contributed by atoms with Crippen LogP contribution in [0.25, 0.3) is 0 Å². The predicted octanol–water partition coefficient (Wildman–Crippen LogP) is 0.831. The van der Waals surface area contributed by atoms with Gasteiger partial charge in [0.2, 0.25) is 11.8 Å². The number of aliphatic carboxylic acids is 1. The molecule has 0 unspecified atom stereocenters. The maximum atomic E-state index is 11.6. The van der Waals surface area contributed by atoms with Gasteiger partial charge in [-0.2, -0.15) is 0 Å². The Labute approximate surface area is 104 Å². The van der Waals surface area contributed by atoms with Crippen molar-refractivity contribution in [2.45, 2.75) is 25.3 Å². The second-order valence-corrected chi connectivity index (χ2v) is 4.20. The van der Waals surface area contributed by atoms with Gasteiger partial charge in [0.25, 0.3) is 0 Å². The zero-order valence-corrected chi connectivity index (χ0v) is 9.70. The molecule has 1 heterocycles. The Kier molecular flexibility index (Phi) is 3.41. The van der Waals surface area contributed by atoms with Crippen molar-refractivity contribution in [1.82, 2.24) is 4.90 Å². The molecule has 1 aliphatic rings. The normalized spacial score (nSPS) is 17.0. The molecule has 0 bridgehead atoms. The number of carboxylic acid groups (broad SMARTS) is 1. The van der Waals surface area contributed by atoms with Gasteiger partial charge in [-0.15, -0.1) is 0 Å². The molecule has 0 saturated carbocycles. The van der Waals surface area contributed by atoms with Crippen LogP contribution in [0.5, 0.6) is 0 Å². The predicted molar refractivity (Wildman–Crippen MR) is 62.7 cm³/mol. The number of likely N-dealkylation sites (tertiary alicyclic amines) is 1. The molecule has 2 rings (SSSR count). The van der Waals surface area contributed by atoms with Crippen molar-refractivity contribution in [2.24, 2.45) is 0 Å². The summed E-state index contributed by atoms with van der Waals surface area (Å²) in [5.74, 6) is -1.95. The Morgan fingerprint density at radius 1 is 1.17 bits per heavy atom. The molecule has 18 heavy (non-hydrogen) atoms. The van der Waals surface area contributed by atoms with Gasteiger partial charge < -0.3 is 5.11 Å². The minimum atomic E-state index is -1.15. The molecule has 1 aromatic carbocycles. The number of rotatable bonds is 4. The molecule has 1 aliphatic heterocycles. The lowest BCUT2D eigenvalue weighted by atomic mass is 10.1. The van der Waals surface area contributed by atoms with E-state index in [1.807, 2.05) is 6.07 Å². The monoisotopic (exact) mass is 247 g/mol. The fourth-order valence-corrected chi connectivity index (χ4v) is 2.07. The molecule has 1 aromatic rings. The molecule has 94 valence electrons. The fourth-order valence-electron chi connectivity index (χ4n) is 2.07. The van der Waals surface area contributed by atoms with E-state index in [9.17, 15) is 19.5 Å². The molecule has 0 radical (unpaired) electrons. The van der Waals surface area contributed by atoms with E-state index >= 15 is 0 Å². The minimum absolute atomic E-state index is 0.109. The van der Waals surface area contributed by atoms with E-state index in [4.69, 9.17) is 0 Å². The lowest BCUT2D eigenvalue weighted by molar-refractivity contribution is -0.154. The zero-order valence-electron chi connectivity index (χ0n) is 9.70. The molecular formula is C13H13NO4. The zero-order chi connectivity index (χ0) is 13.1. The third kappa shape index (κ3) is 2.40. The summed E-state index contributed by atoms with van der Waals surface area (Å²) < 4.78 is 0. The van der Waals surface area contributed by atoms with Crippen LogP contribution in [0.1, 0.15) is 18.4 Å². The van der Waals surface area contributed by atoms with Gasteiger partial charge in [0.15, 0.2) is 0 Å². The first-order chi connectivity index (χ1) is 8.59. The van der Waals surface area contributed by atoms with Crippen molar-refractivity contribution in [3.8, 4) is 0 Å². The van der Waals surface area contributed by atoms with Crippen molar-refractivity contribution in [3.63, 3.8) is 0 Å². The van der Waals surface area contributed by atoms with Crippen LogP contribution >= 0.6 is 0 Å². The number of amides is 2. The molecule has 1 fully saturated rings. The molecule has 1 atom stereocenters. The Morgan fingerprint density at radius 2 is 1.72 bits per heavy atom. The molecule has 5 heteroatoms. The molecule has 5 nitrogen and oxygen atoms in total. The summed E-state index contributed by atoms with van der Waals surface area (Å²) >= 11 is 0. The Bertz CT molecular complexity index is 467. The quantitative estimate of drug-likeness (QED) is 0.800. The molecule has 2 amide bonds. The maximum Gasteiger partial charge on any atom is 0.327 e. The van der Waals surface area contributed by atoms with Crippen molar-refractivity contribution in [1.29, 1.82) is 0 Å². The summed E-state index contributed by atoms with van der Waals surface area (Å²) in [7, 11) is 0. The lowest BCUT2D eigenvalue weighted by Gasteiger charge is -2.22. The highest BCUT2D eigenvalue weighted by Crippen LogP contribution is 2.18. The smallest absolute Gasteiger partial charge is 0.327 e. The van der Waals surface area contributed by atoms with E-state index in [1.54, 1.807) is 24.3 Å². The second kappa shape index (κ2) is 5.00. The maximum absolute atomic E-state index is 11.6. The van der Waals surface area contributed by atoms with E-state index in [-0.39, 0.29) is 19.3 Å². The van der Waals surface area contributed by atoms with Gasteiger partial charge in [0, 0.05) is 19.3 Å². The van der Waals surface area contributed by atoms with E-state index in [1.165, 1.54) is 0 Å². The highest BCUT2D eigenvalue weighted by Gasteiger charge is 2.38. The van der Waals surface area contributed by atoms with Gasteiger partial charge in [-0.3, -0.25) is 14.5 Å². The number of imide groups is 1. The van der Waals surface area contributed by atoms with E-state index < -0.39 is 23.8 Å². The number of benzene rings is 1. The van der Waals surface area contributed by atoms with Gasteiger partial charge >= 0.3 is 5.97 Å². The SMILES string of the molecule is O=C(O)[C@@H](Cc1ccccc1)N1C(=O)CCC1=O. The molecule has 1 saturated heterocycles. The number of carboxylic acids is 1. The van der Waals surface area contributed by atoms with Gasteiger partial charge in [-0.1, -0.05) is 30.3 Å². The first kappa shape index (κ1) is 12.3. The van der Waals surface area contributed by atoms with Gasteiger partial charge in [0.1, 0.15) is 6.04 Å². The average molecular weight is 247 g/mol. The van der Waals surface area contributed by atoms with Crippen LogP contribution in [-0.4, -0.2) is 33.8 Å². The third-order valence-electron chi connectivity index (χ3n) is 2.96. The Morgan fingerprint density at radius 3 is 2.22 bits per heavy atom. The largest absolute Gasteiger partial charge is 0.480 e. The van der Waals surface area contributed by atoms with Gasteiger partial charge in [-0.25, -0.2) is 4.79 Å². The fraction of sp³-hybridized carbons (Fsp3) is 0.308. The standard InChI is InChI=1S/C13H13NO4/c15-11-6-7-12(16)14(11)10(13(17)18)8-9-4-2-1-3-5-9/h1-5,10H,6-8H2,(H,17,18)/t10-/m1/s1. The summed E-state index contributed by atoms with van der Waals surface area (Å²) in [6.07, 6.45) is 0.364. The first-order valence-corrected chi connectivity index (χ1v) is 5.71. The molecule has 0 aliphatic carbocycles. The van der Waals surface area contributed by atoms with E-state index in [2.05, 4.69) is 0 Å². The van der Waals surface area contributed by atoms with Gasteiger partial charge in [0.05, 0.1) is 0 Å². The van der Waals surface area contributed by atoms with Crippen molar-refractivity contribution >= 4 is 17.8 Å². The lowest BCUT2D eigenvalue weighted by Crippen LogP contribution is -2.45. The van der Waals surface area contributed by atoms with Crippen LogP contribution in [0.15, 0.2) is 30.3 Å². The molecule has 0 aromatic heterocycles. The average Bonchev–Trinajstić information content (AvgIpc) is 2.67. The van der Waals surface area contributed by atoms with Crippen molar-refractivity contribution in [2.75, 3.05) is 0 Å². The molecule has 1 N–H and O–H groups in total. The Hall–Kier alpha value is -2.17. The van der Waals surface area contributed by atoms with Crippen LogP contribution in [0.2, 0.25) is 0 Å². The highest BCUT2D eigenvalue weighted by atomic mass is 16.4. The van der Waals surface area contributed by atoms with Gasteiger partial charge in [-0.05, 0) is 5.56 Å². The number of carbonyl (C=O) groups is 3. The Balaban J connectivity index is 2.21. The van der Waals surface area contributed by atoms with Crippen molar-refractivity contribution in [3.05, 3.63) is 35.9 Å².